The molecule has 0 radical (unpaired) electrons. The molecule has 1 saturated carbocycles. The van der Waals surface area contributed by atoms with Gasteiger partial charge in [-0.1, -0.05) is 55.3 Å². The number of aromatic nitrogens is 2. The molecule has 0 unspecified atom stereocenters. The van der Waals surface area contributed by atoms with Gasteiger partial charge in [0.15, 0.2) is 5.16 Å². The molecule has 1 aliphatic rings. The molecule has 2 aromatic carbocycles. The molecule has 1 aromatic heterocycles. The van der Waals surface area contributed by atoms with Crippen molar-refractivity contribution in [1.82, 2.24) is 14.9 Å². The minimum atomic E-state index is -0.411. The Bertz CT molecular complexity index is 1030. The third kappa shape index (κ3) is 4.42. The smallest absolute Gasteiger partial charge is 0.328 e. The summed E-state index contributed by atoms with van der Waals surface area (Å²) >= 11 is 1.45. The van der Waals surface area contributed by atoms with Gasteiger partial charge in [0.1, 0.15) is 0 Å². The van der Waals surface area contributed by atoms with Gasteiger partial charge >= 0.3 is 6.03 Å². The van der Waals surface area contributed by atoms with Gasteiger partial charge in [0.05, 0.1) is 16.0 Å². The number of benzene rings is 2. The van der Waals surface area contributed by atoms with Gasteiger partial charge in [0.2, 0.25) is 0 Å². The van der Waals surface area contributed by atoms with Gasteiger partial charge in [-0.05, 0) is 30.5 Å². The zero-order valence-electron chi connectivity index (χ0n) is 15.9. The normalized spacial score (nSPS) is 14.8. The van der Waals surface area contributed by atoms with Crippen LogP contribution < -0.4 is 5.32 Å². The molecule has 8 heteroatoms. The first-order chi connectivity index (χ1) is 14.1. The maximum atomic E-state index is 13.1. The Balaban J connectivity index is 1.55. The van der Waals surface area contributed by atoms with Crippen molar-refractivity contribution in [3.63, 3.8) is 0 Å². The number of thioether (sulfide) groups is 1. The summed E-state index contributed by atoms with van der Waals surface area (Å²) in [5, 5.41) is 14.6. The Labute approximate surface area is 172 Å². The van der Waals surface area contributed by atoms with Crippen molar-refractivity contribution < 1.29 is 9.72 Å². The molecule has 1 heterocycles. The van der Waals surface area contributed by atoms with E-state index in [0.717, 1.165) is 42.3 Å². The molecular weight excluding hydrogens is 388 g/mol. The number of nitrogens with one attached hydrogen (secondary N) is 1. The van der Waals surface area contributed by atoms with E-state index in [0.29, 0.717) is 10.9 Å². The first-order valence-electron chi connectivity index (χ1n) is 9.76. The molecule has 4 rings (SSSR count). The lowest BCUT2D eigenvalue weighted by Gasteiger charge is -2.23. The summed E-state index contributed by atoms with van der Waals surface area (Å²) in [5.74, 6) is 0.567. The van der Waals surface area contributed by atoms with Crippen molar-refractivity contribution in [1.29, 1.82) is 0 Å². The predicted molar refractivity (Wildman–Crippen MR) is 113 cm³/mol. The summed E-state index contributed by atoms with van der Waals surface area (Å²) in [6.45, 7) is 0. The number of hydrogen-bond acceptors (Lipinski definition) is 5. The van der Waals surface area contributed by atoms with E-state index in [1.807, 2.05) is 24.3 Å². The highest BCUT2D eigenvalue weighted by Crippen LogP contribution is 2.28. The lowest BCUT2D eigenvalue weighted by Crippen LogP contribution is -2.39. The van der Waals surface area contributed by atoms with Gasteiger partial charge in [-0.15, -0.1) is 0 Å². The first-order valence-corrected chi connectivity index (χ1v) is 10.7. The molecule has 29 heavy (non-hydrogen) atoms. The van der Waals surface area contributed by atoms with E-state index in [4.69, 9.17) is 0 Å². The summed E-state index contributed by atoms with van der Waals surface area (Å²) in [6.07, 6.45) is 5.57. The van der Waals surface area contributed by atoms with Crippen molar-refractivity contribution in [2.75, 3.05) is 0 Å². The monoisotopic (exact) mass is 410 g/mol. The number of amides is 1. The topological polar surface area (TPSA) is 90.1 Å². The number of hydrogen-bond donors (Lipinski definition) is 1. The summed E-state index contributed by atoms with van der Waals surface area (Å²) < 4.78 is 1.65. The first kappa shape index (κ1) is 19.4. The number of rotatable bonds is 5. The molecule has 0 atom stereocenters. The van der Waals surface area contributed by atoms with E-state index in [9.17, 15) is 14.9 Å². The number of non-ortho nitro benzene ring substituents is 1. The highest BCUT2D eigenvalue weighted by atomic mass is 32.2. The van der Waals surface area contributed by atoms with Crippen LogP contribution in [0.4, 0.5) is 10.5 Å². The van der Waals surface area contributed by atoms with E-state index < -0.39 is 4.92 Å². The molecule has 0 spiro atoms. The summed E-state index contributed by atoms with van der Waals surface area (Å²) in [6, 6.07) is 14.1. The van der Waals surface area contributed by atoms with E-state index >= 15 is 0 Å². The second-order valence-corrected chi connectivity index (χ2v) is 8.16. The van der Waals surface area contributed by atoms with Gasteiger partial charge in [-0.3, -0.25) is 10.1 Å². The van der Waals surface area contributed by atoms with Gasteiger partial charge in [0.25, 0.3) is 5.69 Å². The van der Waals surface area contributed by atoms with E-state index in [1.54, 1.807) is 16.7 Å². The minimum absolute atomic E-state index is 0.0675. The van der Waals surface area contributed by atoms with Crippen LogP contribution in [0.1, 0.15) is 37.7 Å². The Morgan fingerprint density at radius 3 is 2.59 bits per heavy atom. The maximum absolute atomic E-state index is 13.1. The molecule has 3 aromatic rings. The Hall–Kier alpha value is -2.87. The van der Waals surface area contributed by atoms with Crippen LogP contribution in [0, 0.1) is 10.1 Å². The van der Waals surface area contributed by atoms with Crippen molar-refractivity contribution in [2.45, 2.75) is 49.1 Å². The average molecular weight is 410 g/mol. The molecule has 1 aliphatic carbocycles. The highest BCUT2D eigenvalue weighted by molar-refractivity contribution is 7.98. The quantitative estimate of drug-likeness (QED) is 0.358. The van der Waals surface area contributed by atoms with E-state index in [1.165, 1.54) is 30.3 Å². The van der Waals surface area contributed by atoms with Gasteiger partial charge in [-0.2, -0.15) is 0 Å². The van der Waals surface area contributed by atoms with Crippen LogP contribution in [-0.4, -0.2) is 26.5 Å². The number of fused-ring (bicyclic) bond motifs is 1. The standard InChI is InChI=1S/C21H22N4O3S/c26-20(22-16-6-2-1-3-7-16)24-19-9-5-4-8-18(19)23-21(24)29-14-15-10-12-17(13-11-15)25(27)28/h4-5,8-13,16H,1-3,6-7,14H2,(H,22,26). The zero-order valence-corrected chi connectivity index (χ0v) is 16.7. The summed E-state index contributed by atoms with van der Waals surface area (Å²) in [5.41, 5.74) is 2.56. The van der Waals surface area contributed by atoms with Gasteiger partial charge in [0, 0.05) is 23.9 Å². The number of nitro groups is 1. The van der Waals surface area contributed by atoms with Crippen LogP contribution in [0.15, 0.2) is 53.7 Å². The fraction of sp³-hybridized carbons (Fsp3) is 0.333. The second kappa shape index (κ2) is 8.65. The van der Waals surface area contributed by atoms with E-state index in [-0.39, 0.29) is 17.8 Å². The van der Waals surface area contributed by atoms with Crippen LogP contribution in [-0.2, 0) is 5.75 Å². The van der Waals surface area contributed by atoms with E-state index in [2.05, 4.69) is 10.3 Å². The largest absolute Gasteiger partial charge is 0.335 e. The van der Waals surface area contributed by atoms with Crippen molar-refractivity contribution in [3.05, 3.63) is 64.2 Å². The fourth-order valence-electron chi connectivity index (χ4n) is 3.64. The van der Waals surface area contributed by atoms with Crippen LogP contribution >= 0.6 is 11.8 Å². The molecule has 1 fully saturated rings. The third-order valence-electron chi connectivity index (χ3n) is 5.18. The van der Waals surface area contributed by atoms with Gasteiger partial charge < -0.3 is 5.32 Å². The molecule has 1 N–H and O–H groups in total. The molecule has 0 aliphatic heterocycles. The highest BCUT2D eigenvalue weighted by Gasteiger charge is 2.21. The van der Waals surface area contributed by atoms with Crippen molar-refractivity contribution >= 4 is 34.5 Å². The number of nitrogens with zero attached hydrogens (tertiary/aromatic N) is 3. The maximum Gasteiger partial charge on any atom is 0.328 e. The molecule has 150 valence electrons. The summed E-state index contributed by atoms with van der Waals surface area (Å²) in [4.78, 5) is 28.1. The number of para-hydroxylation sites is 2. The molecular formula is C21H22N4O3S. The number of imidazole rings is 1. The Morgan fingerprint density at radius 2 is 1.86 bits per heavy atom. The minimum Gasteiger partial charge on any atom is -0.335 e. The number of carbonyl (C=O) groups is 1. The van der Waals surface area contributed by atoms with Crippen LogP contribution in [0.3, 0.4) is 0 Å². The molecule has 0 bridgehead atoms. The zero-order chi connectivity index (χ0) is 20.2. The fourth-order valence-corrected chi connectivity index (χ4v) is 4.61. The SMILES string of the molecule is O=C(NC1CCCCC1)n1c(SCc2ccc([N+](=O)[O-])cc2)nc2ccccc21. The van der Waals surface area contributed by atoms with Crippen LogP contribution in [0.2, 0.25) is 0 Å². The van der Waals surface area contributed by atoms with Crippen molar-refractivity contribution in [2.24, 2.45) is 0 Å². The summed E-state index contributed by atoms with van der Waals surface area (Å²) in [7, 11) is 0. The third-order valence-corrected chi connectivity index (χ3v) is 6.19. The van der Waals surface area contributed by atoms with Gasteiger partial charge in [-0.25, -0.2) is 14.3 Å². The Morgan fingerprint density at radius 1 is 1.14 bits per heavy atom. The average Bonchev–Trinajstić information content (AvgIpc) is 3.12. The predicted octanol–water partition coefficient (Wildman–Crippen LogP) is 5.13. The molecule has 7 nitrogen and oxygen atoms in total. The van der Waals surface area contributed by atoms with Crippen LogP contribution in [0.5, 0.6) is 0 Å². The van der Waals surface area contributed by atoms with Crippen LogP contribution in [0.25, 0.3) is 11.0 Å². The molecule has 0 saturated heterocycles. The number of nitro benzene ring substituents is 1. The lowest BCUT2D eigenvalue weighted by atomic mass is 9.96. The molecule has 1 amide bonds. The number of carbonyl (C=O) groups excluding carboxylic acids is 1. The van der Waals surface area contributed by atoms with Crippen molar-refractivity contribution in [3.8, 4) is 0 Å². The second-order valence-electron chi connectivity index (χ2n) is 7.22. The lowest BCUT2D eigenvalue weighted by molar-refractivity contribution is -0.384. The Kier molecular flexibility index (Phi) is 5.80.